The molecule has 1 aromatic carbocycles. The van der Waals surface area contributed by atoms with E-state index in [9.17, 15) is 0 Å². The number of aryl methyl sites for hydroxylation is 1. The third-order valence-corrected chi connectivity index (χ3v) is 3.74. The summed E-state index contributed by atoms with van der Waals surface area (Å²) in [5.41, 5.74) is 1.02. The summed E-state index contributed by atoms with van der Waals surface area (Å²) in [4.78, 5) is 12.1. The minimum absolute atomic E-state index is 0.142. The Morgan fingerprint density at radius 3 is 2.04 bits per heavy atom. The number of rotatable bonds is 6. The standard InChI is InChI=1S/C8H10O2.C6H12O2.C4H10O2/c1-2-7-5-3-4-6-8(7)10-9;7-8-6-4-2-1-3-5-6;1-2-3-4-6-5/h3-6,9H,2H2,1H3;6-7H,1-5H2;5H,2-4H2,1H3. The minimum atomic E-state index is 0.142. The van der Waals surface area contributed by atoms with E-state index >= 15 is 0 Å². The Morgan fingerprint density at radius 2 is 1.67 bits per heavy atom. The first-order chi connectivity index (χ1) is 11.7. The predicted octanol–water partition coefficient (Wildman–Crippen LogP) is 5.19. The van der Waals surface area contributed by atoms with Crippen molar-refractivity contribution in [3.05, 3.63) is 29.8 Å². The van der Waals surface area contributed by atoms with Gasteiger partial charge in [0.15, 0.2) is 5.75 Å². The molecule has 3 N–H and O–H groups in total. The van der Waals surface area contributed by atoms with Gasteiger partial charge in [0.25, 0.3) is 0 Å². The second kappa shape index (κ2) is 16.7. The van der Waals surface area contributed by atoms with Gasteiger partial charge in [0, 0.05) is 0 Å². The molecule has 1 saturated carbocycles. The van der Waals surface area contributed by atoms with Crippen LogP contribution in [-0.2, 0) is 16.2 Å². The highest BCUT2D eigenvalue weighted by Gasteiger charge is 2.12. The second-order valence-electron chi connectivity index (χ2n) is 5.60. The number of benzene rings is 1. The SMILES string of the molecule is CCCCOO.CCc1ccccc1OO.OOC1CCCCC1. The molecular weight excluding hydrogens is 312 g/mol. The van der Waals surface area contributed by atoms with E-state index < -0.39 is 0 Å². The summed E-state index contributed by atoms with van der Waals surface area (Å²) < 4.78 is 0. The maximum Gasteiger partial charge on any atom is 0.168 e. The molecule has 0 amide bonds. The van der Waals surface area contributed by atoms with Gasteiger partial charge in [-0.15, -0.1) is 0 Å². The Labute approximate surface area is 144 Å². The largest absolute Gasteiger partial charge is 0.340 e. The van der Waals surface area contributed by atoms with Gasteiger partial charge in [-0.25, -0.2) is 15.0 Å². The lowest BCUT2D eigenvalue weighted by Gasteiger charge is -2.17. The molecule has 1 aromatic rings. The number of para-hydroxylation sites is 1. The monoisotopic (exact) mass is 344 g/mol. The normalized spacial score (nSPS) is 14.0. The zero-order valence-electron chi connectivity index (χ0n) is 14.8. The third kappa shape index (κ3) is 11.4. The van der Waals surface area contributed by atoms with Gasteiger partial charge < -0.3 is 4.89 Å². The van der Waals surface area contributed by atoms with Crippen LogP contribution in [0.5, 0.6) is 5.75 Å². The molecule has 0 saturated heterocycles. The fourth-order valence-electron chi connectivity index (χ4n) is 2.26. The van der Waals surface area contributed by atoms with E-state index in [-0.39, 0.29) is 6.10 Å². The quantitative estimate of drug-likeness (QED) is 0.374. The number of unbranched alkanes of at least 4 members (excludes halogenated alkanes) is 1. The molecule has 0 heterocycles. The minimum Gasteiger partial charge on any atom is -0.340 e. The van der Waals surface area contributed by atoms with Crippen molar-refractivity contribution >= 4 is 0 Å². The maximum atomic E-state index is 8.35. The van der Waals surface area contributed by atoms with E-state index in [1.54, 1.807) is 6.07 Å². The lowest BCUT2D eigenvalue weighted by atomic mass is 9.98. The molecule has 0 atom stereocenters. The summed E-state index contributed by atoms with van der Waals surface area (Å²) in [5.74, 6) is 0.546. The summed E-state index contributed by atoms with van der Waals surface area (Å²) in [5, 5.41) is 24.2. The summed E-state index contributed by atoms with van der Waals surface area (Å²) >= 11 is 0. The fourth-order valence-corrected chi connectivity index (χ4v) is 2.26. The van der Waals surface area contributed by atoms with E-state index in [4.69, 9.17) is 15.8 Å². The van der Waals surface area contributed by atoms with E-state index in [1.807, 2.05) is 32.0 Å². The number of hydrogen-bond acceptors (Lipinski definition) is 6. The topological polar surface area (TPSA) is 88.4 Å². The zero-order chi connectivity index (χ0) is 18.0. The van der Waals surface area contributed by atoms with Crippen molar-refractivity contribution in [2.45, 2.75) is 71.3 Å². The zero-order valence-corrected chi connectivity index (χ0v) is 14.8. The van der Waals surface area contributed by atoms with E-state index in [0.29, 0.717) is 12.4 Å². The van der Waals surface area contributed by atoms with Gasteiger partial charge in [0.1, 0.15) is 0 Å². The van der Waals surface area contributed by atoms with Gasteiger partial charge >= 0.3 is 0 Å². The van der Waals surface area contributed by atoms with Crippen molar-refractivity contribution in [2.75, 3.05) is 6.61 Å². The lowest BCUT2D eigenvalue weighted by molar-refractivity contribution is -0.283. The molecule has 6 heteroatoms. The summed E-state index contributed by atoms with van der Waals surface area (Å²) in [7, 11) is 0. The summed E-state index contributed by atoms with van der Waals surface area (Å²) in [6, 6.07) is 7.40. The highest BCUT2D eigenvalue weighted by atomic mass is 17.1. The highest BCUT2D eigenvalue weighted by Crippen LogP contribution is 2.19. The highest BCUT2D eigenvalue weighted by molar-refractivity contribution is 5.32. The summed E-state index contributed by atoms with van der Waals surface area (Å²) in [6.07, 6.45) is 8.83. The van der Waals surface area contributed by atoms with Gasteiger partial charge in [-0.05, 0) is 37.3 Å². The van der Waals surface area contributed by atoms with E-state index in [2.05, 4.69) is 14.7 Å². The second-order valence-corrected chi connectivity index (χ2v) is 5.60. The van der Waals surface area contributed by atoms with Gasteiger partial charge in [0.2, 0.25) is 0 Å². The van der Waals surface area contributed by atoms with E-state index in [0.717, 1.165) is 37.7 Å². The molecule has 2 rings (SSSR count). The summed E-state index contributed by atoms with van der Waals surface area (Å²) in [6.45, 7) is 4.52. The Hall–Kier alpha value is -1.18. The van der Waals surface area contributed by atoms with Crippen molar-refractivity contribution < 1.29 is 30.4 Å². The van der Waals surface area contributed by atoms with Gasteiger partial charge in [0.05, 0.1) is 12.7 Å². The van der Waals surface area contributed by atoms with Crippen LogP contribution in [0, 0.1) is 0 Å². The molecular formula is C18H32O6. The molecule has 0 spiro atoms. The molecule has 6 nitrogen and oxygen atoms in total. The predicted molar refractivity (Wildman–Crippen MR) is 93.2 cm³/mol. The Balaban J connectivity index is 0.000000343. The Morgan fingerprint density at radius 1 is 1.00 bits per heavy atom. The van der Waals surface area contributed by atoms with Crippen molar-refractivity contribution in [3.63, 3.8) is 0 Å². The molecule has 1 aliphatic carbocycles. The van der Waals surface area contributed by atoms with Crippen molar-refractivity contribution in [3.8, 4) is 5.75 Å². The Kier molecular flexibility index (Phi) is 15.9. The average molecular weight is 344 g/mol. The first kappa shape index (κ1) is 22.8. The van der Waals surface area contributed by atoms with Crippen LogP contribution in [0.1, 0.15) is 64.4 Å². The fraction of sp³-hybridized carbons (Fsp3) is 0.667. The molecule has 140 valence electrons. The molecule has 1 fully saturated rings. The number of hydrogen-bond donors (Lipinski definition) is 3. The van der Waals surface area contributed by atoms with Crippen LogP contribution in [0.15, 0.2) is 24.3 Å². The molecule has 0 radical (unpaired) electrons. The van der Waals surface area contributed by atoms with E-state index in [1.165, 1.54) is 19.3 Å². The first-order valence-corrected chi connectivity index (χ1v) is 8.69. The van der Waals surface area contributed by atoms with Crippen LogP contribution in [0.2, 0.25) is 0 Å². The average Bonchev–Trinajstić information content (AvgIpc) is 2.67. The van der Waals surface area contributed by atoms with Gasteiger partial charge in [-0.3, -0.25) is 10.5 Å². The van der Waals surface area contributed by atoms with Gasteiger partial charge in [-0.1, -0.05) is 57.7 Å². The molecule has 0 bridgehead atoms. The van der Waals surface area contributed by atoms with Crippen LogP contribution >= 0.6 is 0 Å². The van der Waals surface area contributed by atoms with Gasteiger partial charge in [-0.2, -0.15) is 0 Å². The van der Waals surface area contributed by atoms with Crippen LogP contribution in [0.4, 0.5) is 0 Å². The van der Waals surface area contributed by atoms with Crippen LogP contribution in [0.25, 0.3) is 0 Å². The van der Waals surface area contributed by atoms with Crippen molar-refractivity contribution in [1.29, 1.82) is 0 Å². The third-order valence-electron chi connectivity index (χ3n) is 3.74. The first-order valence-electron chi connectivity index (χ1n) is 8.69. The van der Waals surface area contributed by atoms with Crippen LogP contribution in [0.3, 0.4) is 0 Å². The maximum absolute atomic E-state index is 8.35. The smallest absolute Gasteiger partial charge is 0.168 e. The lowest BCUT2D eigenvalue weighted by Crippen LogP contribution is -2.14. The van der Waals surface area contributed by atoms with Crippen molar-refractivity contribution in [1.82, 2.24) is 0 Å². The Bertz CT molecular complexity index is 353. The molecule has 0 aliphatic heterocycles. The molecule has 0 unspecified atom stereocenters. The molecule has 0 aromatic heterocycles. The molecule has 1 aliphatic rings. The van der Waals surface area contributed by atoms with Crippen molar-refractivity contribution in [2.24, 2.45) is 0 Å². The van der Waals surface area contributed by atoms with Crippen LogP contribution < -0.4 is 4.89 Å². The molecule has 24 heavy (non-hydrogen) atoms. The van der Waals surface area contributed by atoms with Crippen LogP contribution in [-0.4, -0.2) is 28.5 Å².